The van der Waals surface area contributed by atoms with E-state index in [9.17, 15) is 9.59 Å². The van der Waals surface area contributed by atoms with Crippen molar-refractivity contribution in [2.45, 2.75) is 25.3 Å². The third-order valence-corrected chi connectivity index (χ3v) is 2.92. The van der Waals surface area contributed by atoms with Gasteiger partial charge in [0, 0.05) is 25.0 Å². The van der Waals surface area contributed by atoms with Crippen molar-refractivity contribution < 1.29 is 14.3 Å². The fourth-order valence-electron chi connectivity index (χ4n) is 1.84. The Bertz CT molecular complexity index is 276. The lowest BCUT2D eigenvalue weighted by molar-refractivity contribution is -0.122. The fraction of sp³-hybridized carbons (Fsp3) is 0.800. The molecule has 0 spiro atoms. The zero-order chi connectivity index (χ0) is 10.8. The summed E-state index contributed by atoms with van der Waals surface area (Å²) in [6, 6.07) is 0.109. The summed E-state index contributed by atoms with van der Waals surface area (Å²) in [5.74, 6) is 0.379. The van der Waals surface area contributed by atoms with Gasteiger partial charge in [0.05, 0.1) is 7.11 Å². The van der Waals surface area contributed by atoms with E-state index in [0.717, 1.165) is 19.3 Å². The molecule has 1 aliphatic carbocycles. The van der Waals surface area contributed by atoms with Crippen LogP contribution in [0.3, 0.4) is 0 Å². The monoisotopic (exact) mass is 212 g/mol. The highest BCUT2D eigenvalue weighted by molar-refractivity contribution is 5.81. The molecule has 0 bridgehead atoms. The molecule has 1 unspecified atom stereocenters. The minimum atomic E-state index is -0.307. The van der Waals surface area contributed by atoms with Crippen LogP contribution in [0.5, 0.6) is 0 Å². The maximum Gasteiger partial charge on any atom is 0.409 e. The van der Waals surface area contributed by atoms with Crippen molar-refractivity contribution in [3.63, 3.8) is 0 Å². The average Bonchev–Trinajstić information content (AvgIpc) is 2.99. The number of methoxy groups -OCH3 is 1. The number of hydrogen-bond acceptors (Lipinski definition) is 3. The second-order valence-electron chi connectivity index (χ2n) is 4.18. The van der Waals surface area contributed by atoms with Gasteiger partial charge in [0.25, 0.3) is 0 Å². The third-order valence-electron chi connectivity index (χ3n) is 2.92. The Morgan fingerprint density at radius 3 is 2.67 bits per heavy atom. The maximum atomic E-state index is 11.5. The van der Waals surface area contributed by atoms with Gasteiger partial charge in [-0.05, 0) is 19.3 Å². The van der Waals surface area contributed by atoms with E-state index < -0.39 is 0 Å². The molecule has 84 valence electrons. The quantitative estimate of drug-likeness (QED) is 0.718. The second kappa shape index (κ2) is 4.08. The molecule has 0 aromatic carbocycles. The first-order chi connectivity index (χ1) is 7.20. The Labute approximate surface area is 88.8 Å². The number of carbonyl (C=O) groups is 2. The number of likely N-dealkylation sites (tertiary alicyclic amines) is 1. The lowest BCUT2D eigenvalue weighted by Crippen LogP contribution is -2.39. The van der Waals surface area contributed by atoms with Crippen LogP contribution in [0, 0.1) is 5.92 Å². The number of ether oxygens (including phenoxy) is 1. The number of nitrogens with zero attached hydrogens (tertiary/aromatic N) is 1. The fourth-order valence-corrected chi connectivity index (χ4v) is 1.84. The lowest BCUT2D eigenvalue weighted by Gasteiger charge is -2.15. The van der Waals surface area contributed by atoms with E-state index in [0.29, 0.717) is 13.1 Å². The molecule has 2 fully saturated rings. The Morgan fingerprint density at radius 1 is 1.33 bits per heavy atom. The summed E-state index contributed by atoms with van der Waals surface area (Å²) >= 11 is 0. The predicted octanol–water partition coefficient (Wildman–Crippen LogP) is 0.353. The van der Waals surface area contributed by atoms with Gasteiger partial charge in [-0.1, -0.05) is 0 Å². The van der Waals surface area contributed by atoms with Crippen molar-refractivity contribution in [2.75, 3.05) is 20.2 Å². The standard InChI is InChI=1S/C10H16N2O3/c1-15-10(14)12-5-4-8(6-12)11-9(13)7-2-3-7/h7-8H,2-6H2,1H3,(H,11,13). The molecule has 1 heterocycles. The van der Waals surface area contributed by atoms with Crippen LogP contribution >= 0.6 is 0 Å². The normalized spacial score (nSPS) is 25.1. The molecule has 5 nitrogen and oxygen atoms in total. The van der Waals surface area contributed by atoms with E-state index in [1.54, 1.807) is 4.90 Å². The highest BCUT2D eigenvalue weighted by atomic mass is 16.5. The van der Waals surface area contributed by atoms with Gasteiger partial charge in [0.1, 0.15) is 0 Å². The van der Waals surface area contributed by atoms with E-state index in [-0.39, 0.29) is 24.0 Å². The number of amides is 2. The van der Waals surface area contributed by atoms with E-state index in [4.69, 9.17) is 0 Å². The summed E-state index contributed by atoms with van der Waals surface area (Å²) in [4.78, 5) is 24.3. The van der Waals surface area contributed by atoms with Gasteiger partial charge in [0.2, 0.25) is 5.91 Å². The molecule has 0 aromatic rings. The summed E-state index contributed by atoms with van der Waals surface area (Å²) in [7, 11) is 1.37. The number of hydrogen-bond donors (Lipinski definition) is 1. The number of nitrogens with one attached hydrogen (secondary N) is 1. The molecule has 2 aliphatic rings. The zero-order valence-corrected chi connectivity index (χ0v) is 8.86. The van der Waals surface area contributed by atoms with E-state index >= 15 is 0 Å². The molecule has 1 saturated heterocycles. The Kier molecular flexibility index (Phi) is 2.79. The first-order valence-corrected chi connectivity index (χ1v) is 5.34. The largest absolute Gasteiger partial charge is 0.453 e. The zero-order valence-electron chi connectivity index (χ0n) is 8.86. The van der Waals surface area contributed by atoms with Crippen molar-refractivity contribution >= 4 is 12.0 Å². The smallest absolute Gasteiger partial charge is 0.409 e. The molecule has 0 radical (unpaired) electrons. The average molecular weight is 212 g/mol. The van der Waals surface area contributed by atoms with E-state index in [1.807, 2.05) is 0 Å². The van der Waals surface area contributed by atoms with Gasteiger partial charge in [-0.25, -0.2) is 4.79 Å². The molecule has 2 rings (SSSR count). The summed E-state index contributed by atoms with van der Waals surface area (Å²) in [6.07, 6.45) is 2.55. The molecule has 1 N–H and O–H groups in total. The van der Waals surface area contributed by atoms with Crippen LogP contribution in [0.15, 0.2) is 0 Å². The summed E-state index contributed by atoms with van der Waals surface area (Å²) in [5.41, 5.74) is 0. The van der Waals surface area contributed by atoms with Crippen LogP contribution < -0.4 is 5.32 Å². The van der Waals surface area contributed by atoms with Crippen LogP contribution in [0.2, 0.25) is 0 Å². The SMILES string of the molecule is COC(=O)N1CCC(NC(=O)C2CC2)C1. The predicted molar refractivity (Wildman–Crippen MR) is 53.2 cm³/mol. The summed E-state index contributed by atoms with van der Waals surface area (Å²) in [6.45, 7) is 1.24. The van der Waals surface area contributed by atoms with Gasteiger partial charge in [-0.15, -0.1) is 0 Å². The van der Waals surface area contributed by atoms with Gasteiger partial charge in [-0.3, -0.25) is 4.79 Å². The molecule has 1 saturated carbocycles. The Balaban J connectivity index is 1.76. The highest BCUT2D eigenvalue weighted by Gasteiger charge is 2.33. The molecule has 5 heteroatoms. The van der Waals surface area contributed by atoms with Gasteiger partial charge >= 0.3 is 6.09 Å². The first-order valence-electron chi connectivity index (χ1n) is 5.34. The molecule has 2 amide bonds. The van der Waals surface area contributed by atoms with E-state index in [1.165, 1.54) is 7.11 Å². The van der Waals surface area contributed by atoms with Crippen LogP contribution in [0.25, 0.3) is 0 Å². The molecule has 1 atom stereocenters. The summed E-state index contributed by atoms with van der Waals surface area (Å²) < 4.78 is 4.62. The maximum absolute atomic E-state index is 11.5. The van der Waals surface area contributed by atoms with Crippen molar-refractivity contribution in [1.82, 2.24) is 10.2 Å². The number of rotatable bonds is 2. The Hall–Kier alpha value is -1.26. The van der Waals surface area contributed by atoms with Crippen LogP contribution in [0.1, 0.15) is 19.3 Å². The molecular weight excluding hydrogens is 196 g/mol. The van der Waals surface area contributed by atoms with Crippen LogP contribution in [-0.2, 0) is 9.53 Å². The van der Waals surface area contributed by atoms with Crippen molar-refractivity contribution in [2.24, 2.45) is 5.92 Å². The molecular formula is C10H16N2O3. The third kappa shape index (κ3) is 2.40. The topological polar surface area (TPSA) is 58.6 Å². The Morgan fingerprint density at radius 2 is 2.07 bits per heavy atom. The van der Waals surface area contributed by atoms with Crippen molar-refractivity contribution in [1.29, 1.82) is 0 Å². The van der Waals surface area contributed by atoms with Crippen LogP contribution in [0.4, 0.5) is 4.79 Å². The van der Waals surface area contributed by atoms with Gasteiger partial charge < -0.3 is 15.0 Å². The minimum Gasteiger partial charge on any atom is -0.453 e. The van der Waals surface area contributed by atoms with Gasteiger partial charge in [0.15, 0.2) is 0 Å². The lowest BCUT2D eigenvalue weighted by atomic mass is 10.2. The van der Waals surface area contributed by atoms with E-state index in [2.05, 4.69) is 10.1 Å². The van der Waals surface area contributed by atoms with Gasteiger partial charge in [-0.2, -0.15) is 0 Å². The van der Waals surface area contributed by atoms with Crippen molar-refractivity contribution in [3.05, 3.63) is 0 Å². The highest BCUT2D eigenvalue weighted by Crippen LogP contribution is 2.29. The minimum absolute atomic E-state index is 0.109. The molecule has 1 aliphatic heterocycles. The second-order valence-corrected chi connectivity index (χ2v) is 4.18. The van der Waals surface area contributed by atoms with Crippen molar-refractivity contribution in [3.8, 4) is 0 Å². The van der Waals surface area contributed by atoms with Crippen LogP contribution in [-0.4, -0.2) is 43.1 Å². The summed E-state index contributed by atoms with van der Waals surface area (Å²) in [5, 5.41) is 2.96. The molecule has 15 heavy (non-hydrogen) atoms. The first kappa shape index (κ1) is 10.3. The molecule has 0 aromatic heterocycles. The number of carbonyl (C=O) groups excluding carboxylic acids is 2.